The van der Waals surface area contributed by atoms with Crippen molar-refractivity contribution < 1.29 is 19.7 Å². The van der Waals surface area contributed by atoms with Crippen molar-refractivity contribution in [2.75, 3.05) is 7.11 Å². The number of methoxy groups -OCH3 is 1. The minimum Gasteiger partial charge on any atom is -0.496 e. The first-order valence-electron chi connectivity index (χ1n) is 3.80. The summed E-state index contributed by atoms with van der Waals surface area (Å²) in [5.41, 5.74) is 0.289. The van der Waals surface area contributed by atoms with E-state index in [0.29, 0.717) is 10.2 Å². The standard InChI is InChI=1S/C9H9BrO4/c1-14-7-4-5(2-3-6(7)10)8(11)9(12)13/h2-4,8,11H,1H3,(H,12,13)/t8-/m1/s1. The van der Waals surface area contributed by atoms with E-state index in [1.165, 1.54) is 19.2 Å². The summed E-state index contributed by atoms with van der Waals surface area (Å²) >= 11 is 3.22. The molecular weight excluding hydrogens is 252 g/mol. The van der Waals surface area contributed by atoms with Crippen LogP contribution in [0.3, 0.4) is 0 Å². The Labute approximate surface area is 89.3 Å². The summed E-state index contributed by atoms with van der Waals surface area (Å²) in [7, 11) is 1.47. The third kappa shape index (κ3) is 2.24. The topological polar surface area (TPSA) is 66.8 Å². The van der Waals surface area contributed by atoms with Gasteiger partial charge in [0.25, 0.3) is 0 Å². The van der Waals surface area contributed by atoms with E-state index in [9.17, 15) is 9.90 Å². The molecule has 2 N–H and O–H groups in total. The Morgan fingerprint density at radius 3 is 2.71 bits per heavy atom. The van der Waals surface area contributed by atoms with Gasteiger partial charge in [0.05, 0.1) is 11.6 Å². The Balaban J connectivity index is 3.06. The van der Waals surface area contributed by atoms with Crippen molar-refractivity contribution in [3.8, 4) is 5.75 Å². The lowest BCUT2D eigenvalue weighted by Crippen LogP contribution is -2.10. The van der Waals surface area contributed by atoms with Crippen LogP contribution in [0.25, 0.3) is 0 Å². The summed E-state index contributed by atoms with van der Waals surface area (Å²) in [4.78, 5) is 10.5. The maximum absolute atomic E-state index is 10.5. The van der Waals surface area contributed by atoms with E-state index in [1.807, 2.05) is 0 Å². The van der Waals surface area contributed by atoms with Gasteiger partial charge in [-0.2, -0.15) is 0 Å². The maximum Gasteiger partial charge on any atom is 0.337 e. The Kier molecular flexibility index (Phi) is 3.49. The van der Waals surface area contributed by atoms with E-state index < -0.39 is 12.1 Å². The van der Waals surface area contributed by atoms with Gasteiger partial charge in [0, 0.05) is 0 Å². The molecule has 5 heteroatoms. The molecule has 0 saturated heterocycles. The molecular formula is C9H9BrO4. The number of carboxylic acids is 1. The van der Waals surface area contributed by atoms with Gasteiger partial charge in [-0.15, -0.1) is 0 Å². The first-order valence-corrected chi connectivity index (χ1v) is 4.60. The molecule has 0 unspecified atom stereocenters. The van der Waals surface area contributed by atoms with Gasteiger partial charge in [-0.05, 0) is 33.6 Å². The molecule has 14 heavy (non-hydrogen) atoms. The molecule has 0 radical (unpaired) electrons. The highest BCUT2D eigenvalue weighted by molar-refractivity contribution is 9.10. The van der Waals surface area contributed by atoms with E-state index in [2.05, 4.69) is 15.9 Å². The smallest absolute Gasteiger partial charge is 0.337 e. The van der Waals surface area contributed by atoms with Crippen LogP contribution in [0.2, 0.25) is 0 Å². The molecule has 1 aromatic rings. The highest BCUT2D eigenvalue weighted by atomic mass is 79.9. The third-order valence-electron chi connectivity index (χ3n) is 1.72. The number of aliphatic hydroxyl groups excluding tert-OH is 1. The van der Waals surface area contributed by atoms with Gasteiger partial charge in [-0.3, -0.25) is 0 Å². The molecule has 0 fully saturated rings. The number of aliphatic hydroxyl groups is 1. The molecule has 0 heterocycles. The van der Waals surface area contributed by atoms with Gasteiger partial charge in [-0.25, -0.2) is 4.79 Å². The highest BCUT2D eigenvalue weighted by Crippen LogP contribution is 2.28. The second-order valence-electron chi connectivity index (χ2n) is 2.63. The van der Waals surface area contributed by atoms with Crippen LogP contribution in [-0.2, 0) is 4.79 Å². The lowest BCUT2D eigenvalue weighted by Gasteiger charge is -2.08. The predicted molar refractivity (Wildman–Crippen MR) is 53.3 cm³/mol. The van der Waals surface area contributed by atoms with Crippen molar-refractivity contribution in [1.29, 1.82) is 0 Å². The summed E-state index contributed by atoms with van der Waals surface area (Å²) in [6.07, 6.45) is -1.52. The number of halogens is 1. The number of benzene rings is 1. The summed E-state index contributed by atoms with van der Waals surface area (Å²) in [5, 5.41) is 17.8. The monoisotopic (exact) mass is 260 g/mol. The molecule has 0 saturated carbocycles. The third-order valence-corrected chi connectivity index (χ3v) is 2.38. The van der Waals surface area contributed by atoms with Crippen molar-refractivity contribution >= 4 is 21.9 Å². The summed E-state index contributed by atoms with van der Waals surface area (Å²) in [6.45, 7) is 0. The normalized spacial score (nSPS) is 12.2. The van der Waals surface area contributed by atoms with E-state index in [1.54, 1.807) is 6.07 Å². The first kappa shape index (κ1) is 11.0. The molecule has 0 aliphatic heterocycles. The summed E-state index contributed by atoms with van der Waals surface area (Å²) in [6, 6.07) is 4.62. The van der Waals surface area contributed by atoms with Gasteiger partial charge in [-0.1, -0.05) is 6.07 Å². The summed E-state index contributed by atoms with van der Waals surface area (Å²) < 4.78 is 5.67. The van der Waals surface area contributed by atoms with Crippen LogP contribution in [0.5, 0.6) is 5.75 Å². The predicted octanol–water partition coefficient (Wildman–Crippen LogP) is 1.58. The van der Waals surface area contributed by atoms with Crippen LogP contribution in [0.4, 0.5) is 0 Å². The van der Waals surface area contributed by atoms with Gasteiger partial charge < -0.3 is 14.9 Å². The van der Waals surface area contributed by atoms with Crippen LogP contribution in [0, 0.1) is 0 Å². The van der Waals surface area contributed by atoms with E-state index in [-0.39, 0.29) is 5.56 Å². The zero-order chi connectivity index (χ0) is 10.7. The van der Waals surface area contributed by atoms with Gasteiger partial charge in [0.2, 0.25) is 0 Å². The molecule has 0 aromatic heterocycles. The molecule has 4 nitrogen and oxygen atoms in total. The molecule has 0 amide bonds. The molecule has 0 aliphatic carbocycles. The maximum atomic E-state index is 10.5. The Hall–Kier alpha value is -1.07. The van der Waals surface area contributed by atoms with Crippen molar-refractivity contribution in [1.82, 2.24) is 0 Å². The number of hydrogen-bond acceptors (Lipinski definition) is 3. The first-order chi connectivity index (χ1) is 6.56. The fraction of sp³-hybridized carbons (Fsp3) is 0.222. The largest absolute Gasteiger partial charge is 0.496 e. The molecule has 0 spiro atoms. The van der Waals surface area contributed by atoms with Gasteiger partial charge in [0.1, 0.15) is 5.75 Å². The number of aliphatic carboxylic acids is 1. The molecule has 1 atom stereocenters. The Bertz CT molecular complexity index is 351. The lowest BCUT2D eigenvalue weighted by molar-refractivity contribution is -0.146. The SMILES string of the molecule is COc1cc([C@@H](O)C(=O)O)ccc1Br. The molecule has 1 rings (SSSR count). The Morgan fingerprint density at radius 2 is 2.21 bits per heavy atom. The minimum atomic E-state index is -1.52. The van der Waals surface area contributed by atoms with Crippen molar-refractivity contribution in [2.24, 2.45) is 0 Å². The van der Waals surface area contributed by atoms with Crippen molar-refractivity contribution in [2.45, 2.75) is 6.10 Å². The van der Waals surface area contributed by atoms with E-state index in [4.69, 9.17) is 9.84 Å². The molecule has 76 valence electrons. The number of rotatable bonds is 3. The number of hydrogen-bond donors (Lipinski definition) is 2. The van der Waals surface area contributed by atoms with Crippen LogP contribution in [0.1, 0.15) is 11.7 Å². The van der Waals surface area contributed by atoms with Gasteiger partial charge in [0.15, 0.2) is 6.10 Å². The zero-order valence-electron chi connectivity index (χ0n) is 7.40. The second-order valence-corrected chi connectivity index (χ2v) is 3.49. The van der Waals surface area contributed by atoms with Crippen molar-refractivity contribution in [3.63, 3.8) is 0 Å². The summed E-state index contributed by atoms with van der Waals surface area (Å²) in [5.74, 6) is -0.794. The number of ether oxygens (including phenoxy) is 1. The fourth-order valence-electron chi connectivity index (χ4n) is 0.989. The average molecular weight is 261 g/mol. The van der Waals surface area contributed by atoms with Crippen LogP contribution >= 0.6 is 15.9 Å². The molecule has 0 bridgehead atoms. The zero-order valence-corrected chi connectivity index (χ0v) is 8.98. The average Bonchev–Trinajstić information content (AvgIpc) is 2.17. The van der Waals surface area contributed by atoms with Gasteiger partial charge >= 0.3 is 5.97 Å². The molecule has 0 aliphatic rings. The minimum absolute atomic E-state index is 0.289. The molecule has 1 aromatic carbocycles. The van der Waals surface area contributed by atoms with E-state index >= 15 is 0 Å². The second kappa shape index (κ2) is 4.43. The van der Waals surface area contributed by atoms with Crippen LogP contribution < -0.4 is 4.74 Å². The quantitative estimate of drug-likeness (QED) is 0.866. The highest BCUT2D eigenvalue weighted by Gasteiger charge is 2.16. The van der Waals surface area contributed by atoms with Crippen molar-refractivity contribution in [3.05, 3.63) is 28.2 Å². The Morgan fingerprint density at radius 1 is 1.57 bits per heavy atom. The number of carbonyl (C=O) groups is 1. The number of carboxylic acid groups (broad SMARTS) is 1. The van der Waals surface area contributed by atoms with E-state index in [0.717, 1.165) is 0 Å². The lowest BCUT2D eigenvalue weighted by atomic mass is 10.1. The van der Waals surface area contributed by atoms with Crippen LogP contribution in [-0.4, -0.2) is 23.3 Å². The van der Waals surface area contributed by atoms with Crippen LogP contribution in [0.15, 0.2) is 22.7 Å². The fourth-order valence-corrected chi connectivity index (χ4v) is 1.40.